The predicted octanol–water partition coefficient (Wildman–Crippen LogP) is 0.706. The number of carboxylic acids is 1. The lowest BCUT2D eigenvalue weighted by molar-refractivity contribution is -0.167. The SMILES string of the molecule is CCN(CC(F)(F)F)CC(C)(O)C(=O)O. The first kappa shape index (κ1) is 14.2. The molecule has 15 heavy (non-hydrogen) atoms. The number of hydrogen-bond acceptors (Lipinski definition) is 3. The van der Waals surface area contributed by atoms with Crippen LogP contribution in [0.2, 0.25) is 0 Å². The van der Waals surface area contributed by atoms with Crippen LogP contribution < -0.4 is 0 Å². The minimum absolute atomic E-state index is 0.0168. The molecule has 0 aromatic heterocycles. The van der Waals surface area contributed by atoms with Crippen molar-refractivity contribution in [2.24, 2.45) is 0 Å². The average Bonchev–Trinajstić information content (AvgIpc) is 1.99. The number of carboxylic acid groups (broad SMARTS) is 1. The Kier molecular flexibility index (Phi) is 4.54. The summed E-state index contributed by atoms with van der Waals surface area (Å²) in [7, 11) is 0. The normalized spacial score (nSPS) is 16.5. The van der Waals surface area contributed by atoms with Crippen LogP contribution in [0, 0.1) is 0 Å². The summed E-state index contributed by atoms with van der Waals surface area (Å²) in [6.45, 7) is 0.659. The monoisotopic (exact) mass is 229 g/mol. The molecule has 0 rings (SSSR count). The van der Waals surface area contributed by atoms with Gasteiger partial charge >= 0.3 is 12.1 Å². The smallest absolute Gasteiger partial charge is 0.401 e. The maximum atomic E-state index is 12.0. The van der Waals surface area contributed by atoms with Gasteiger partial charge in [-0.05, 0) is 13.5 Å². The molecule has 0 aromatic rings. The lowest BCUT2D eigenvalue weighted by Gasteiger charge is -2.28. The fourth-order valence-corrected chi connectivity index (χ4v) is 1.04. The highest BCUT2D eigenvalue weighted by atomic mass is 19.4. The molecule has 0 aliphatic carbocycles. The summed E-state index contributed by atoms with van der Waals surface area (Å²) >= 11 is 0. The van der Waals surface area contributed by atoms with Crippen LogP contribution >= 0.6 is 0 Å². The van der Waals surface area contributed by atoms with Crippen LogP contribution in [0.5, 0.6) is 0 Å². The van der Waals surface area contributed by atoms with Gasteiger partial charge in [0.05, 0.1) is 6.54 Å². The standard InChI is InChI=1S/C8H14F3NO3/c1-3-12(5-8(9,10)11)4-7(2,15)6(13)14/h15H,3-5H2,1-2H3,(H,13,14). The van der Waals surface area contributed by atoms with Crippen molar-refractivity contribution < 1.29 is 28.2 Å². The average molecular weight is 229 g/mol. The van der Waals surface area contributed by atoms with Crippen LogP contribution in [0.4, 0.5) is 13.2 Å². The zero-order valence-corrected chi connectivity index (χ0v) is 8.51. The predicted molar refractivity (Wildman–Crippen MR) is 46.4 cm³/mol. The molecule has 2 N–H and O–H groups in total. The Morgan fingerprint density at radius 1 is 1.33 bits per heavy atom. The fourth-order valence-electron chi connectivity index (χ4n) is 1.04. The number of aliphatic carboxylic acids is 1. The van der Waals surface area contributed by atoms with Crippen molar-refractivity contribution in [1.29, 1.82) is 0 Å². The van der Waals surface area contributed by atoms with Crippen molar-refractivity contribution in [1.82, 2.24) is 4.90 Å². The summed E-state index contributed by atoms with van der Waals surface area (Å²) in [5, 5.41) is 17.8. The van der Waals surface area contributed by atoms with Gasteiger partial charge in [0, 0.05) is 6.54 Å². The molecule has 90 valence electrons. The molecule has 0 bridgehead atoms. The van der Waals surface area contributed by atoms with Gasteiger partial charge in [-0.3, -0.25) is 4.90 Å². The van der Waals surface area contributed by atoms with Crippen molar-refractivity contribution in [2.45, 2.75) is 25.6 Å². The van der Waals surface area contributed by atoms with Crippen LogP contribution in [-0.2, 0) is 4.79 Å². The van der Waals surface area contributed by atoms with Crippen LogP contribution in [0.1, 0.15) is 13.8 Å². The van der Waals surface area contributed by atoms with E-state index in [4.69, 9.17) is 5.11 Å². The van der Waals surface area contributed by atoms with Gasteiger partial charge in [0.1, 0.15) is 0 Å². The maximum Gasteiger partial charge on any atom is 0.401 e. The van der Waals surface area contributed by atoms with E-state index in [2.05, 4.69) is 0 Å². The molecule has 1 atom stereocenters. The lowest BCUT2D eigenvalue weighted by atomic mass is 10.1. The van der Waals surface area contributed by atoms with E-state index in [0.29, 0.717) is 0 Å². The third-order valence-corrected chi connectivity index (χ3v) is 1.84. The highest BCUT2D eigenvalue weighted by Gasteiger charge is 2.36. The molecule has 4 nitrogen and oxygen atoms in total. The fraction of sp³-hybridized carbons (Fsp3) is 0.875. The van der Waals surface area contributed by atoms with Gasteiger partial charge < -0.3 is 10.2 Å². The quantitative estimate of drug-likeness (QED) is 0.728. The third-order valence-electron chi connectivity index (χ3n) is 1.84. The molecule has 0 radical (unpaired) electrons. The summed E-state index contributed by atoms with van der Waals surface area (Å²) in [5.41, 5.74) is -2.17. The molecular weight excluding hydrogens is 215 g/mol. The van der Waals surface area contributed by atoms with Crippen LogP contribution in [0.15, 0.2) is 0 Å². The summed E-state index contributed by atoms with van der Waals surface area (Å²) in [6, 6.07) is 0. The first-order valence-electron chi connectivity index (χ1n) is 4.33. The minimum atomic E-state index is -4.40. The number of nitrogens with zero attached hydrogens (tertiary/aromatic N) is 1. The molecule has 0 aliphatic heterocycles. The number of hydrogen-bond donors (Lipinski definition) is 2. The van der Waals surface area contributed by atoms with Crippen molar-refractivity contribution >= 4 is 5.97 Å². The van der Waals surface area contributed by atoms with E-state index in [-0.39, 0.29) is 6.54 Å². The molecule has 0 aliphatic rings. The second-order valence-electron chi connectivity index (χ2n) is 3.50. The van der Waals surface area contributed by atoms with E-state index in [1.54, 1.807) is 0 Å². The van der Waals surface area contributed by atoms with Crippen molar-refractivity contribution in [3.63, 3.8) is 0 Å². The highest BCUT2D eigenvalue weighted by molar-refractivity contribution is 5.76. The van der Waals surface area contributed by atoms with E-state index in [0.717, 1.165) is 11.8 Å². The first-order chi connectivity index (χ1) is 6.58. The molecule has 1 unspecified atom stereocenters. The number of carbonyl (C=O) groups is 1. The molecule has 0 saturated carbocycles. The summed E-state index contributed by atoms with van der Waals surface area (Å²) in [5.74, 6) is -1.54. The Balaban J connectivity index is 4.40. The van der Waals surface area contributed by atoms with Crippen molar-refractivity contribution in [3.05, 3.63) is 0 Å². The van der Waals surface area contributed by atoms with Crippen LogP contribution in [0.25, 0.3) is 0 Å². The Hall–Kier alpha value is -0.820. The maximum absolute atomic E-state index is 12.0. The summed E-state index contributed by atoms with van der Waals surface area (Å²) in [6.07, 6.45) is -4.40. The van der Waals surface area contributed by atoms with Gasteiger partial charge in [-0.15, -0.1) is 0 Å². The number of aliphatic hydroxyl groups is 1. The Bertz CT molecular complexity index is 228. The van der Waals surface area contributed by atoms with Gasteiger partial charge in [-0.1, -0.05) is 6.92 Å². The van der Waals surface area contributed by atoms with E-state index in [1.807, 2.05) is 0 Å². The second-order valence-corrected chi connectivity index (χ2v) is 3.50. The molecular formula is C8H14F3NO3. The van der Waals surface area contributed by atoms with Gasteiger partial charge in [0.2, 0.25) is 0 Å². The summed E-state index contributed by atoms with van der Waals surface area (Å²) in [4.78, 5) is 11.3. The van der Waals surface area contributed by atoms with Crippen LogP contribution in [-0.4, -0.2) is 52.5 Å². The molecule has 0 spiro atoms. The number of rotatable bonds is 5. The molecule has 0 saturated heterocycles. The molecule has 0 aromatic carbocycles. The van der Waals surface area contributed by atoms with Crippen LogP contribution in [0.3, 0.4) is 0 Å². The largest absolute Gasteiger partial charge is 0.479 e. The zero-order valence-electron chi connectivity index (χ0n) is 8.51. The number of likely N-dealkylation sites (N-methyl/N-ethyl adjacent to an activating group) is 1. The highest BCUT2D eigenvalue weighted by Crippen LogP contribution is 2.18. The molecule has 0 heterocycles. The van der Waals surface area contributed by atoms with E-state index < -0.39 is 30.8 Å². The van der Waals surface area contributed by atoms with E-state index >= 15 is 0 Å². The Labute approximate surface area is 85.3 Å². The second kappa shape index (κ2) is 4.80. The lowest BCUT2D eigenvalue weighted by Crippen LogP contribution is -2.49. The van der Waals surface area contributed by atoms with Gasteiger partial charge in [-0.2, -0.15) is 13.2 Å². The van der Waals surface area contributed by atoms with Crippen molar-refractivity contribution in [3.8, 4) is 0 Å². The van der Waals surface area contributed by atoms with E-state index in [9.17, 15) is 23.1 Å². The zero-order chi connectivity index (χ0) is 12.3. The number of halogens is 3. The van der Waals surface area contributed by atoms with Gasteiger partial charge in [0.25, 0.3) is 0 Å². The van der Waals surface area contributed by atoms with Crippen molar-refractivity contribution in [2.75, 3.05) is 19.6 Å². The topological polar surface area (TPSA) is 60.8 Å². The van der Waals surface area contributed by atoms with Gasteiger partial charge in [0.15, 0.2) is 5.60 Å². The first-order valence-corrected chi connectivity index (χ1v) is 4.33. The van der Waals surface area contributed by atoms with Gasteiger partial charge in [-0.25, -0.2) is 4.79 Å². The Morgan fingerprint density at radius 2 is 1.80 bits per heavy atom. The number of alkyl halides is 3. The Morgan fingerprint density at radius 3 is 2.07 bits per heavy atom. The molecule has 0 fully saturated rings. The van der Waals surface area contributed by atoms with E-state index in [1.165, 1.54) is 6.92 Å². The summed E-state index contributed by atoms with van der Waals surface area (Å²) < 4.78 is 36.0. The molecule has 7 heteroatoms. The minimum Gasteiger partial charge on any atom is -0.479 e. The molecule has 0 amide bonds. The third kappa shape index (κ3) is 5.58.